The lowest BCUT2D eigenvalue weighted by Gasteiger charge is -2.11. The molecule has 35 heavy (non-hydrogen) atoms. The molecule has 1 heterocycles. The molecule has 2 amide bonds. The zero-order valence-corrected chi connectivity index (χ0v) is 20.3. The van der Waals surface area contributed by atoms with Crippen LogP contribution in [0.4, 0.5) is 5.69 Å². The van der Waals surface area contributed by atoms with Crippen LogP contribution in [0.2, 0.25) is 0 Å². The molecule has 4 aromatic rings. The van der Waals surface area contributed by atoms with E-state index in [2.05, 4.69) is 15.6 Å². The number of anilines is 1. The molecule has 0 saturated carbocycles. The van der Waals surface area contributed by atoms with Gasteiger partial charge in [0.15, 0.2) is 0 Å². The molecule has 178 valence electrons. The molecular formula is C28H27N3O3S. The van der Waals surface area contributed by atoms with Crippen LogP contribution in [-0.4, -0.2) is 29.9 Å². The van der Waals surface area contributed by atoms with E-state index < -0.39 is 0 Å². The van der Waals surface area contributed by atoms with Gasteiger partial charge in [-0.2, -0.15) is 0 Å². The molecule has 7 heteroatoms. The fourth-order valence-electron chi connectivity index (χ4n) is 3.65. The summed E-state index contributed by atoms with van der Waals surface area (Å²) in [6.07, 6.45) is 0.844. The van der Waals surface area contributed by atoms with Gasteiger partial charge in [-0.25, -0.2) is 4.98 Å². The largest absolute Gasteiger partial charge is 0.493 e. The smallest absolute Gasteiger partial charge is 0.253 e. The number of nitrogens with one attached hydrogen (secondary N) is 2. The summed E-state index contributed by atoms with van der Waals surface area (Å²) in [4.78, 5) is 30.2. The highest BCUT2D eigenvalue weighted by molar-refractivity contribution is 7.13. The highest BCUT2D eigenvalue weighted by Crippen LogP contribution is 2.32. The number of ether oxygens (including phenoxy) is 1. The molecule has 0 spiro atoms. The molecule has 6 nitrogen and oxygen atoms in total. The number of aromatic nitrogens is 1. The molecule has 0 unspecified atom stereocenters. The number of thiazole rings is 1. The summed E-state index contributed by atoms with van der Waals surface area (Å²) < 4.78 is 5.70. The van der Waals surface area contributed by atoms with Crippen LogP contribution in [0, 0.1) is 0 Å². The summed E-state index contributed by atoms with van der Waals surface area (Å²) in [6, 6.07) is 24.7. The minimum absolute atomic E-state index is 0.108. The average molecular weight is 486 g/mol. The van der Waals surface area contributed by atoms with Crippen molar-refractivity contribution in [3.8, 4) is 16.3 Å². The van der Waals surface area contributed by atoms with Gasteiger partial charge in [0.05, 0.1) is 35.5 Å². The van der Waals surface area contributed by atoms with Gasteiger partial charge in [0.1, 0.15) is 10.8 Å². The van der Waals surface area contributed by atoms with Crippen molar-refractivity contribution in [1.29, 1.82) is 0 Å². The molecule has 3 aromatic carbocycles. The summed E-state index contributed by atoms with van der Waals surface area (Å²) in [5.41, 5.74) is 3.63. The third-order valence-electron chi connectivity index (χ3n) is 5.30. The Morgan fingerprint density at radius 1 is 0.943 bits per heavy atom. The molecule has 1 aromatic heterocycles. The van der Waals surface area contributed by atoms with Crippen molar-refractivity contribution in [3.63, 3.8) is 0 Å². The monoisotopic (exact) mass is 485 g/mol. The van der Waals surface area contributed by atoms with Gasteiger partial charge in [0, 0.05) is 11.9 Å². The molecule has 0 bridgehead atoms. The summed E-state index contributed by atoms with van der Waals surface area (Å²) >= 11 is 1.47. The maximum Gasteiger partial charge on any atom is 0.253 e. The standard InChI is InChI=1S/C28H27N3O3S/c1-2-34-25-15-9-7-13-23(25)28-30-21(19-35-28)18-26(32)31-24-14-8-6-12-22(24)27(33)29-17-16-20-10-4-3-5-11-20/h3-15,19H,2,16-18H2,1H3,(H,29,33)(H,31,32). The van der Waals surface area contributed by atoms with E-state index in [-0.39, 0.29) is 18.2 Å². The maximum atomic E-state index is 12.8. The molecule has 0 aliphatic heterocycles. The van der Waals surface area contributed by atoms with E-state index in [1.165, 1.54) is 11.3 Å². The van der Waals surface area contributed by atoms with E-state index in [0.29, 0.717) is 30.1 Å². The minimum Gasteiger partial charge on any atom is -0.493 e. The van der Waals surface area contributed by atoms with Crippen LogP contribution in [0.3, 0.4) is 0 Å². The molecule has 0 aliphatic rings. The van der Waals surface area contributed by atoms with Crippen LogP contribution in [0.25, 0.3) is 10.6 Å². The summed E-state index contributed by atoms with van der Waals surface area (Å²) in [5.74, 6) is 0.317. The molecule has 0 saturated heterocycles. The Labute approximate surface area is 209 Å². The number of benzene rings is 3. The maximum absolute atomic E-state index is 12.8. The zero-order chi connectivity index (χ0) is 24.5. The van der Waals surface area contributed by atoms with Gasteiger partial charge in [-0.3, -0.25) is 9.59 Å². The van der Waals surface area contributed by atoms with Crippen molar-refractivity contribution in [3.05, 3.63) is 101 Å². The van der Waals surface area contributed by atoms with Gasteiger partial charge in [-0.05, 0) is 43.2 Å². The predicted molar refractivity (Wildman–Crippen MR) is 140 cm³/mol. The number of amides is 2. The van der Waals surface area contributed by atoms with Crippen LogP contribution in [0.15, 0.2) is 84.2 Å². The second-order valence-electron chi connectivity index (χ2n) is 7.84. The Balaban J connectivity index is 1.37. The van der Waals surface area contributed by atoms with Crippen molar-refractivity contribution < 1.29 is 14.3 Å². The molecular weight excluding hydrogens is 458 g/mol. The fourth-order valence-corrected chi connectivity index (χ4v) is 4.50. The molecule has 2 N–H and O–H groups in total. The topological polar surface area (TPSA) is 80.3 Å². The van der Waals surface area contributed by atoms with E-state index in [0.717, 1.165) is 28.3 Å². The highest BCUT2D eigenvalue weighted by atomic mass is 32.1. The number of para-hydroxylation sites is 2. The number of hydrogen-bond donors (Lipinski definition) is 2. The summed E-state index contributed by atoms with van der Waals surface area (Å²) in [5, 5.41) is 8.48. The minimum atomic E-state index is -0.232. The third-order valence-corrected chi connectivity index (χ3v) is 6.22. The van der Waals surface area contributed by atoms with E-state index in [9.17, 15) is 9.59 Å². The van der Waals surface area contributed by atoms with Crippen molar-refractivity contribution in [2.75, 3.05) is 18.5 Å². The lowest BCUT2D eigenvalue weighted by molar-refractivity contribution is -0.115. The Hall–Kier alpha value is -3.97. The number of carbonyl (C=O) groups is 2. The first-order chi connectivity index (χ1) is 17.1. The van der Waals surface area contributed by atoms with E-state index in [4.69, 9.17) is 4.74 Å². The average Bonchev–Trinajstić information content (AvgIpc) is 3.33. The number of carbonyl (C=O) groups excluding carboxylic acids is 2. The lowest BCUT2D eigenvalue weighted by Crippen LogP contribution is -2.27. The van der Waals surface area contributed by atoms with Crippen molar-refractivity contribution in [2.24, 2.45) is 0 Å². The van der Waals surface area contributed by atoms with Crippen LogP contribution >= 0.6 is 11.3 Å². The third kappa shape index (κ3) is 6.55. The van der Waals surface area contributed by atoms with Gasteiger partial charge < -0.3 is 15.4 Å². The fraction of sp³-hybridized carbons (Fsp3) is 0.179. The van der Waals surface area contributed by atoms with Crippen molar-refractivity contribution in [2.45, 2.75) is 19.8 Å². The second-order valence-corrected chi connectivity index (χ2v) is 8.69. The van der Waals surface area contributed by atoms with Crippen LogP contribution in [0.1, 0.15) is 28.5 Å². The lowest BCUT2D eigenvalue weighted by atomic mass is 10.1. The van der Waals surface area contributed by atoms with E-state index in [1.807, 2.05) is 66.9 Å². The second kappa shape index (κ2) is 11.9. The Kier molecular flexibility index (Phi) is 8.25. The van der Waals surface area contributed by atoms with Gasteiger partial charge in [0.2, 0.25) is 5.91 Å². The zero-order valence-electron chi connectivity index (χ0n) is 19.5. The van der Waals surface area contributed by atoms with Gasteiger partial charge in [0.25, 0.3) is 5.91 Å². The molecule has 0 fully saturated rings. The molecule has 0 aliphatic carbocycles. The Morgan fingerprint density at radius 2 is 1.69 bits per heavy atom. The SMILES string of the molecule is CCOc1ccccc1-c1nc(CC(=O)Nc2ccccc2C(=O)NCCc2ccccc2)cs1. The number of rotatable bonds is 10. The van der Waals surface area contributed by atoms with Crippen molar-refractivity contribution >= 4 is 28.8 Å². The number of nitrogens with zero attached hydrogens (tertiary/aromatic N) is 1. The van der Waals surface area contributed by atoms with Gasteiger partial charge in [-0.15, -0.1) is 11.3 Å². The Morgan fingerprint density at radius 3 is 2.51 bits per heavy atom. The van der Waals surface area contributed by atoms with Crippen LogP contribution < -0.4 is 15.4 Å². The Bertz CT molecular complexity index is 1290. The molecule has 4 rings (SSSR count). The van der Waals surface area contributed by atoms with Crippen LogP contribution in [-0.2, 0) is 17.6 Å². The van der Waals surface area contributed by atoms with Crippen molar-refractivity contribution in [1.82, 2.24) is 10.3 Å². The van der Waals surface area contributed by atoms with E-state index >= 15 is 0 Å². The van der Waals surface area contributed by atoms with Gasteiger partial charge >= 0.3 is 0 Å². The normalized spacial score (nSPS) is 10.5. The van der Waals surface area contributed by atoms with E-state index in [1.54, 1.807) is 24.3 Å². The molecule has 0 radical (unpaired) electrons. The predicted octanol–water partition coefficient (Wildman–Crippen LogP) is 5.36. The van der Waals surface area contributed by atoms with Crippen LogP contribution in [0.5, 0.6) is 5.75 Å². The number of hydrogen-bond acceptors (Lipinski definition) is 5. The first kappa shape index (κ1) is 24.2. The highest BCUT2D eigenvalue weighted by Gasteiger charge is 2.15. The van der Waals surface area contributed by atoms with Gasteiger partial charge in [-0.1, -0.05) is 54.6 Å². The summed E-state index contributed by atoms with van der Waals surface area (Å²) in [7, 11) is 0. The molecule has 0 atom stereocenters. The summed E-state index contributed by atoms with van der Waals surface area (Å²) in [6.45, 7) is 3.02. The first-order valence-corrected chi connectivity index (χ1v) is 12.4. The quantitative estimate of drug-likeness (QED) is 0.317. The first-order valence-electron chi connectivity index (χ1n) is 11.5.